The summed E-state index contributed by atoms with van der Waals surface area (Å²) in [4.78, 5) is 9.75. The Kier molecular flexibility index (Phi) is 4.22. The van der Waals surface area contributed by atoms with Gasteiger partial charge in [0.2, 0.25) is 0 Å². The van der Waals surface area contributed by atoms with Crippen LogP contribution in [0.3, 0.4) is 0 Å². The smallest absolute Gasteiger partial charge is 0.129 e. The molecule has 0 bridgehead atoms. The molecule has 3 nitrogen and oxygen atoms in total. The zero-order valence-electron chi connectivity index (χ0n) is 16.0. The first kappa shape index (κ1) is 17.5. The Morgan fingerprint density at radius 1 is 0.786 bits per heavy atom. The van der Waals surface area contributed by atoms with Gasteiger partial charge >= 0.3 is 0 Å². The highest BCUT2D eigenvalue weighted by molar-refractivity contribution is 6.30. The van der Waals surface area contributed by atoms with Crippen LogP contribution in [-0.2, 0) is 0 Å². The lowest BCUT2D eigenvalue weighted by molar-refractivity contribution is 0.404. The van der Waals surface area contributed by atoms with Gasteiger partial charge in [0.15, 0.2) is 0 Å². The Morgan fingerprint density at radius 2 is 1.46 bits per heavy atom. The van der Waals surface area contributed by atoms with E-state index in [0.717, 1.165) is 16.3 Å². The van der Waals surface area contributed by atoms with E-state index in [1.165, 1.54) is 16.8 Å². The van der Waals surface area contributed by atoms with Crippen LogP contribution in [0.2, 0.25) is 5.02 Å². The molecule has 4 heteroatoms. The molecule has 0 aliphatic carbocycles. The van der Waals surface area contributed by atoms with Crippen molar-refractivity contribution in [3.8, 4) is 0 Å². The molecule has 0 amide bonds. The van der Waals surface area contributed by atoms with E-state index in [-0.39, 0.29) is 6.17 Å². The fourth-order valence-electron chi connectivity index (χ4n) is 4.18. The Labute approximate surface area is 170 Å². The highest BCUT2D eigenvalue weighted by atomic mass is 35.5. The molecule has 28 heavy (non-hydrogen) atoms. The minimum absolute atomic E-state index is 0.0529. The van der Waals surface area contributed by atoms with Gasteiger partial charge < -0.3 is 4.90 Å². The number of hydrogen-bond acceptors (Lipinski definition) is 3. The zero-order valence-corrected chi connectivity index (χ0v) is 16.7. The van der Waals surface area contributed by atoms with Gasteiger partial charge in [0.05, 0.1) is 17.8 Å². The molecule has 1 fully saturated rings. The molecule has 4 atom stereocenters. The fourth-order valence-corrected chi connectivity index (χ4v) is 4.31. The first-order valence-corrected chi connectivity index (χ1v) is 9.94. The Bertz CT molecular complexity index is 1010. The van der Waals surface area contributed by atoms with E-state index in [1.807, 2.05) is 12.1 Å². The number of aliphatic imine (C=N–C) groups is 1. The maximum atomic E-state index is 6.10. The second-order valence-corrected chi connectivity index (χ2v) is 8.06. The molecule has 0 N–H and O–H groups in total. The van der Waals surface area contributed by atoms with Crippen LogP contribution in [0.15, 0.2) is 83.9 Å². The summed E-state index contributed by atoms with van der Waals surface area (Å²) in [7, 11) is 4.13. The number of halogens is 1. The monoisotopic (exact) mass is 387 g/mol. The molecule has 0 aromatic heterocycles. The SMILES string of the molecule is CN(C)c1ccc([C@H]2N=C(c3ccc(Cl)cc3)[C@H]3[C@@H](c4ccccc4)N23)cc1. The average molecular weight is 388 g/mol. The van der Waals surface area contributed by atoms with Crippen LogP contribution in [0.4, 0.5) is 5.69 Å². The Balaban J connectivity index is 1.53. The summed E-state index contributed by atoms with van der Waals surface area (Å²) < 4.78 is 0. The molecular formula is C24H22ClN3. The molecule has 5 rings (SSSR count). The van der Waals surface area contributed by atoms with Crippen molar-refractivity contribution >= 4 is 23.0 Å². The second kappa shape index (κ2) is 6.77. The number of benzene rings is 3. The van der Waals surface area contributed by atoms with Gasteiger partial charge in [0, 0.05) is 24.8 Å². The summed E-state index contributed by atoms with van der Waals surface area (Å²) in [6.07, 6.45) is 0.0529. The summed E-state index contributed by atoms with van der Waals surface area (Å²) in [5, 5.41) is 0.755. The average Bonchev–Trinajstić information content (AvgIpc) is 3.34. The van der Waals surface area contributed by atoms with Crippen LogP contribution in [0.25, 0.3) is 0 Å². The summed E-state index contributed by atoms with van der Waals surface area (Å²) in [5.41, 5.74) is 6.10. The van der Waals surface area contributed by atoms with E-state index in [4.69, 9.17) is 16.6 Å². The van der Waals surface area contributed by atoms with Gasteiger partial charge in [-0.2, -0.15) is 0 Å². The number of fused-ring (bicyclic) bond motifs is 1. The van der Waals surface area contributed by atoms with Crippen LogP contribution in [0.5, 0.6) is 0 Å². The second-order valence-electron chi connectivity index (χ2n) is 7.63. The molecule has 3 aromatic rings. The van der Waals surface area contributed by atoms with Crippen molar-refractivity contribution in [2.45, 2.75) is 18.2 Å². The number of anilines is 1. The zero-order chi connectivity index (χ0) is 19.3. The van der Waals surface area contributed by atoms with E-state index >= 15 is 0 Å². The quantitative estimate of drug-likeness (QED) is 0.563. The van der Waals surface area contributed by atoms with Crippen molar-refractivity contribution in [2.24, 2.45) is 4.99 Å². The number of nitrogens with zero attached hydrogens (tertiary/aromatic N) is 3. The molecule has 1 saturated heterocycles. The predicted octanol–water partition coefficient (Wildman–Crippen LogP) is 5.33. The van der Waals surface area contributed by atoms with Gasteiger partial charge in [-0.15, -0.1) is 0 Å². The third-order valence-electron chi connectivity index (χ3n) is 5.66. The van der Waals surface area contributed by atoms with E-state index < -0.39 is 0 Å². The maximum absolute atomic E-state index is 6.10. The molecular weight excluding hydrogens is 366 g/mol. The molecule has 2 aliphatic heterocycles. The third-order valence-corrected chi connectivity index (χ3v) is 5.92. The van der Waals surface area contributed by atoms with E-state index in [2.05, 4.69) is 90.6 Å². The van der Waals surface area contributed by atoms with Crippen LogP contribution in [0, 0.1) is 0 Å². The molecule has 0 radical (unpaired) electrons. The summed E-state index contributed by atoms with van der Waals surface area (Å²) in [6, 6.07) is 28.2. The van der Waals surface area contributed by atoms with Gasteiger partial charge in [-0.3, -0.25) is 9.89 Å². The summed E-state index contributed by atoms with van der Waals surface area (Å²) >= 11 is 6.10. The normalized spacial score (nSPS) is 25.2. The fraction of sp³-hybridized carbons (Fsp3) is 0.208. The predicted molar refractivity (Wildman–Crippen MR) is 116 cm³/mol. The van der Waals surface area contributed by atoms with Gasteiger partial charge in [-0.05, 0) is 41.0 Å². The highest BCUT2D eigenvalue weighted by Crippen LogP contribution is 2.55. The Morgan fingerprint density at radius 3 is 2.11 bits per heavy atom. The van der Waals surface area contributed by atoms with Crippen LogP contribution < -0.4 is 4.90 Å². The largest absolute Gasteiger partial charge is 0.378 e. The van der Waals surface area contributed by atoms with Crippen molar-refractivity contribution < 1.29 is 0 Å². The summed E-state index contributed by atoms with van der Waals surface area (Å²) in [6.45, 7) is 0. The van der Waals surface area contributed by atoms with Crippen LogP contribution in [0.1, 0.15) is 28.9 Å². The lowest BCUT2D eigenvalue weighted by atomic mass is 10.0. The van der Waals surface area contributed by atoms with Crippen molar-refractivity contribution in [3.63, 3.8) is 0 Å². The number of rotatable bonds is 4. The molecule has 1 unspecified atom stereocenters. The van der Waals surface area contributed by atoms with E-state index in [0.29, 0.717) is 12.1 Å². The van der Waals surface area contributed by atoms with Crippen molar-refractivity contribution in [1.82, 2.24) is 4.90 Å². The lowest BCUT2D eigenvalue weighted by Crippen LogP contribution is -2.10. The van der Waals surface area contributed by atoms with E-state index in [1.54, 1.807) is 0 Å². The Hall–Kier alpha value is -2.62. The van der Waals surface area contributed by atoms with Crippen LogP contribution >= 0.6 is 11.6 Å². The first-order chi connectivity index (χ1) is 13.6. The van der Waals surface area contributed by atoms with Gasteiger partial charge in [0.1, 0.15) is 6.17 Å². The molecule has 140 valence electrons. The van der Waals surface area contributed by atoms with Crippen LogP contribution in [-0.4, -0.2) is 30.7 Å². The lowest BCUT2D eigenvalue weighted by Gasteiger charge is -2.17. The van der Waals surface area contributed by atoms with Crippen molar-refractivity contribution in [2.75, 3.05) is 19.0 Å². The van der Waals surface area contributed by atoms with E-state index in [9.17, 15) is 0 Å². The highest BCUT2D eigenvalue weighted by Gasteiger charge is 2.59. The third kappa shape index (κ3) is 2.92. The minimum atomic E-state index is 0.0529. The molecule has 0 spiro atoms. The maximum Gasteiger partial charge on any atom is 0.129 e. The van der Waals surface area contributed by atoms with Gasteiger partial charge in [-0.1, -0.05) is 66.2 Å². The topological polar surface area (TPSA) is 18.6 Å². The number of hydrogen-bond donors (Lipinski definition) is 0. The minimum Gasteiger partial charge on any atom is -0.378 e. The molecule has 3 aromatic carbocycles. The van der Waals surface area contributed by atoms with Crippen molar-refractivity contribution in [1.29, 1.82) is 0 Å². The van der Waals surface area contributed by atoms with Gasteiger partial charge in [0.25, 0.3) is 0 Å². The molecule has 2 aliphatic rings. The molecule has 0 saturated carbocycles. The molecule has 2 heterocycles. The summed E-state index contributed by atoms with van der Waals surface area (Å²) in [5.74, 6) is 0. The van der Waals surface area contributed by atoms with Gasteiger partial charge in [-0.25, -0.2) is 0 Å². The first-order valence-electron chi connectivity index (χ1n) is 9.57. The standard InChI is InChI=1S/C24H22ClN3/c1-27(2)20-14-10-18(11-15-20)24-26-21(16-8-12-19(25)13-9-16)23-22(28(23)24)17-6-4-3-5-7-17/h3-15,22-24H,1-2H3/t22-,23+,24+,28?/m1/s1. The van der Waals surface area contributed by atoms with Crippen molar-refractivity contribution in [3.05, 3.63) is 101 Å².